The van der Waals surface area contributed by atoms with Crippen LogP contribution in [-0.4, -0.2) is 26.3 Å². The van der Waals surface area contributed by atoms with Gasteiger partial charge in [0.15, 0.2) is 0 Å². The van der Waals surface area contributed by atoms with Crippen molar-refractivity contribution in [2.75, 3.05) is 20.3 Å². The first-order valence-corrected chi connectivity index (χ1v) is 8.05. The van der Waals surface area contributed by atoms with Crippen LogP contribution in [0.3, 0.4) is 0 Å². The third-order valence-corrected chi connectivity index (χ3v) is 3.80. The zero-order chi connectivity index (χ0) is 18.5. The molecule has 6 nitrogen and oxygen atoms in total. The SMILES string of the molecule is COC(=O)c1cccc(OCCOc2ccc3c(C)cc(=O)oc3c2)c1. The van der Waals surface area contributed by atoms with Gasteiger partial charge in [-0.25, -0.2) is 9.59 Å². The Bertz CT molecular complexity index is 989. The molecule has 0 saturated heterocycles. The third kappa shape index (κ3) is 4.03. The van der Waals surface area contributed by atoms with Gasteiger partial charge >= 0.3 is 11.6 Å². The first-order chi connectivity index (χ1) is 12.6. The smallest absolute Gasteiger partial charge is 0.337 e. The van der Waals surface area contributed by atoms with Crippen LogP contribution in [0.5, 0.6) is 11.5 Å². The number of ether oxygens (including phenoxy) is 3. The summed E-state index contributed by atoms with van der Waals surface area (Å²) in [6.07, 6.45) is 0. The van der Waals surface area contributed by atoms with Crippen LogP contribution in [0.1, 0.15) is 15.9 Å². The van der Waals surface area contributed by atoms with E-state index in [1.54, 1.807) is 30.3 Å². The zero-order valence-electron chi connectivity index (χ0n) is 14.5. The second-order valence-electron chi connectivity index (χ2n) is 5.62. The quantitative estimate of drug-likeness (QED) is 0.384. The van der Waals surface area contributed by atoms with Crippen LogP contribution < -0.4 is 15.1 Å². The summed E-state index contributed by atoms with van der Waals surface area (Å²) in [6.45, 7) is 2.44. The standard InChI is InChI=1S/C20H18O6/c1-13-10-19(21)26-18-12-16(6-7-17(13)18)25-9-8-24-15-5-3-4-14(11-15)20(22)23-2/h3-7,10-12H,8-9H2,1-2H3. The van der Waals surface area contributed by atoms with E-state index in [1.807, 2.05) is 19.1 Å². The Kier molecular flexibility index (Phi) is 5.22. The molecule has 6 heteroatoms. The fourth-order valence-electron chi connectivity index (χ4n) is 2.54. The zero-order valence-corrected chi connectivity index (χ0v) is 14.5. The molecule has 0 amide bonds. The molecule has 0 bridgehead atoms. The summed E-state index contributed by atoms with van der Waals surface area (Å²) in [5, 5.41) is 0.868. The maximum absolute atomic E-state index is 11.5. The van der Waals surface area contributed by atoms with E-state index < -0.39 is 5.97 Å². The van der Waals surface area contributed by atoms with Crippen molar-refractivity contribution in [3.8, 4) is 11.5 Å². The number of rotatable bonds is 6. The number of esters is 1. The molecule has 1 aromatic heterocycles. The summed E-state index contributed by atoms with van der Waals surface area (Å²) < 4.78 is 21.1. The van der Waals surface area contributed by atoms with Crippen LogP contribution in [0.2, 0.25) is 0 Å². The normalized spacial score (nSPS) is 10.5. The molecule has 0 unspecified atom stereocenters. The van der Waals surface area contributed by atoms with Gasteiger partial charge in [-0.2, -0.15) is 0 Å². The van der Waals surface area contributed by atoms with Gasteiger partial charge in [-0.3, -0.25) is 0 Å². The largest absolute Gasteiger partial charge is 0.490 e. The highest BCUT2D eigenvalue weighted by Gasteiger charge is 2.07. The molecule has 26 heavy (non-hydrogen) atoms. The summed E-state index contributed by atoms with van der Waals surface area (Å²) >= 11 is 0. The van der Waals surface area contributed by atoms with Gasteiger partial charge < -0.3 is 18.6 Å². The van der Waals surface area contributed by atoms with Crippen molar-refractivity contribution in [3.63, 3.8) is 0 Å². The first-order valence-electron chi connectivity index (χ1n) is 8.05. The molecule has 0 atom stereocenters. The Labute approximate surface area is 149 Å². The van der Waals surface area contributed by atoms with Crippen LogP contribution in [0, 0.1) is 6.92 Å². The number of hydrogen-bond donors (Lipinski definition) is 0. The summed E-state index contributed by atoms with van der Waals surface area (Å²) in [7, 11) is 1.33. The van der Waals surface area contributed by atoms with Crippen molar-refractivity contribution in [1.82, 2.24) is 0 Å². The van der Waals surface area contributed by atoms with E-state index in [-0.39, 0.29) is 5.63 Å². The molecule has 0 N–H and O–H groups in total. The third-order valence-electron chi connectivity index (χ3n) is 3.80. The van der Waals surface area contributed by atoms with Gasteiger partial charge in [0.05, 0.1) is 12.7 Å². The Morgan fingerprint density at radius 3 is 2.46 bits per heavy atom. The van der Waals surface area contributed by atoms with Crippen LogP contribution >= 0.6 is 0 Å². The highest BCUT2D eigenvalue weighted by Crippen LogP contribution is 2.22. The van der Waals surface area contributed by atoms with Crippen LogP contribution in [0.15, 0.2) is 57.7 Å². The maximum Gasteiger partial charge on any atom is 0.337 e. The molecule has 1 heterocycles. The van der Waals surface area contributed by atoms with E-state index in [2.05, 4.69) is 4.74 Å². The highest BCUT2D eigenvalue weighted by molar-refractivity contribution is 5.89. The minimum absolute atomic E-state index is 0.292. The topological polar surface area (TPSA) is 75.0 Å². The molecule has 134 valence electrons. The molecule has 0 saturated carbocycles. The lowest BCUT2D eigenvalue weighted by molar-refractivity contribution is 0.0600. The molecular formula is C20H18O6. The summed E-state index contributed by atoms with van der Waals surface area (Å²) in [6, 6.07) is 13.5. The average molecular weight is 354 g/mol. The number of carbonyl (C=O) groups excluding carboxylic acids is 1. The molecule has 3 aromatic rings. The van der Waals surface area contributed by atoms with Crippen LogP contribution in [0.4, 0.5) is 0 Å². The van der Waals surface area contributed by atoms with Crippen LogP contribution in [-0.2, 0) is 4.74 Å². The van der Waals surface area contributed by atoms with Gasteiger partial charge in [0.2, 0.25) is 0 Å². The summed E-state index contributed by atoms with van der Waals surface area (Å²) in [5.41, 5.74) is 1.38. The van der Waals surface area contributed by atoms with Gasteiger partial charge in [-0.15, -0.1) is 0 Å². The van der Waals surface area contributed by atoms with E-state index in [9.17, 15) is 9.59 Å². The first kappa shape index (κ1) is 17.5. The maximum atomic E-state index is 11.5. The number of carbonyl (C=O) groups is 1. The van der Waals surface area contributed by atoms with Crippen molar-refractivity contribution in [2.45, 2.75) is 6.92 Å². The molecule has 3 rings (SSSR count). The molecule has 0 fully saturated rings. The minimum atomic E-state index is -0.417. The van der Waals surface area contributed by atoms with Crippen molar-refractivity contribution in [3.05, 3.63) is 70.1 Å². The van der Waals surface area contributed by atoms with Gasteiger partial charge in [-0.1, -0.05) is 6.07 Å². The van der Waals surface area contributed by atoms with E-state index >= 15 is 0 Å². The Morgan fingerprint density at radius 2 is 1.73 bits per heavy atom. The second-order valence-corrected chi connectivity index (χ2v) is 5.62. The Morgan fingerprint density at radius 1 is 1.00 bits per heavy atom. The van der Waals surface area contributed by atoms with E-state index in [0.717, 1.165) is 10.9 Å². The molecule has 0 radical (unpaired) electrons. The Balaban J connectivity index is 1.59. The summed E-state index contributed by atoms with van der Waals surface area (Å²) in [4.78, 5) is 23.0. The van der Waals surface area contributed by atoms with Gasteiger partial charge in [0.1, 0.15) is 30.3 Å². The monoisotopic (exact) mass is 354 g/mol. The average Bonchev–Trinajstić information content (AvgIpc) is 2.64. The molecule has 0 aliphatic heterocycles. The van der Waals surface area contributed by atoms with Crippen molar-refractivity contribution < 1.29 is 23.4 Å². The van der Waals surface area contributed by atoms with Crippen molar-refractivity contribution in [2.24, 2.45) is 0 Å². The lowest BCUT2D eigenvalue weighted by Crippen LogP contribution is -2.09. The van der Waals surface area contributed by atoms with Gasteiger partial charge in [0, 0.05) is 17.5 Å². The predicted molar refractivity (Wildman–Crippen MR) is 96.0 cm³/mol. The lowest BCUT2D eigenvalue weighted by Gasteiger charge is -2.10. The van der Waals surface area contributed by atoms with Crippen molar-refractivity contribution in [1.29, 1.82) is 0 Å². The summed E-state index contributed by atoms with van der Waals surface area (Å²) in [5.74, 6) is 0.717. The molecule has 0 spiro atoms. The van der Waals surface area contributed by atoms with Gasteiger partial charge in [-0.05, 0) is 42.8 Å². The fraction of sp³-hybridized carbons (Fsp3) is 0.200. The second kappa shape index (κ2) is 7.74. The van der Waals surface area contributed by atoms with Gasteiger partial charge in [0.25, 0.3) is 0 Å². The Hall–Kier alpha value is -3.28. The number of hydrogen-bond acceptors (Lipinski definition) is 6. The van der Waals surface area contributed by atoms with E-state index in [1.165, 1.54) is 13.2 Å². The van der Waals surface area contributed by atoms with Crippen LogP contribution in [0.25, 0.3) is 11.0 Å². The fourth-order valence-corrected chi connectivity index (χ4v) is 2.54. The number of benzene rings is 2. The molecule has 0 aliphatic carbocycles. The molecular weight excluding hydrogens is 336 g/mol. The molecule has 2 aromatic carbocycles. The number of fused-ring (bicyclic) bond motifs is 1. The number of aryl methyl sites for hydroxylation is 1. The van der Waals surface area contributed by atoms with E-state index in [0.29, 0.717) is 35.9 Å². The number of methoxy groups -OCH3 is 1. The molecule has 0 aliphatic rings. The van der Waals surface area contributed by atoms with E-state index in [4.69, 9.17) is 13.9 Å². The lowest BCUT2D eigenvalue weighted by atomic mass is 10.1. The van der Waals surface area contributed by atoms with Crippen molar-refractivity contribution >= 4 is 16.9 Å². The minimum Gasteiger partial charge on any atom is -0.490 e. The predicted octanol–water partition coefficient (Wildman–Crippen LogP) is 3.35. The highest BCUT2D eigenvalue weighted by atomic mass is 16.5.